The van der Waals surface area contributed by atoms with Gasteiger partial charge < -0.3 is 10.4 Å². The molecule has 5 heteroatoms. The minimum Gasteiger partial charge on any atom is -0.481 e. The molecule has 0 radical (unpaired) electrons. The molecule has 0 saturated heterocycles. The Morgan fingerprint density at radius 1 is 1.29 bits per heavy atom. The van der Waals surface area contributed by atoms with E-state index in [9.17, 15) is 9.59 Å². The monoisotopic (exact) mass is 292 g/mol. The second-order valence-electron chi connectivity index (χ2n) is 6.25. The van der Waals surface area contributed by atoms with Gasteiger partial charge in [0.1, 0.15) is 5.69 Å². The molecule has 0 aliphatic heterocycles. The van der Waals surface area contributed by atoms with Gasteiger partial charge in [-0.15, -0.1) is 0 Å². The van der Waals surface area contributed by atoms with Crippen LogP contribution in [-0.2, 0) is 4.79 Å². The van der Waals surface area contributed by atoms with E-state index in [2.05, 4.69) is 31.1 Å². The van der Waals surface area contributed by atoms with Crippen molar-refractivity contribution in [3.63, 3.8) is 0 Å². The number of nitrogens with one attached hydrogen (secondary N) is 1. The number of pyridine rings is 1. The van der Waals surface area contributed by atoms with E-state index in [0.29, 0.717) is 18.7 Å². The van der Waals surface area contributed by atoms with Crippen molar-refractivity contribution in [2.75, 3.05) is 6.54 Å². The molecule has 0 aromatic carbocycles. The molecule has 1 aromatic rings. The fourth-order valence-electron chi connectivity index (χ4n) is 2.26. The van der Waals surface area contributed by atoms with E-state index in [1.165, 1.54) is 0 Å². The van der Waals surface area contributed by atoms with Crippen LogP contribution in [0.5, 0.6) is 0 Å². The van der Waals surface area contributed by atoms with Crippen molar-refractivity contribution < 1.29 is 14.7 Å². The zero-order chi connectivity index (χ0) is 15.9. The van der Waals surface area contributed by atoms with Gasteiger partial charge in [-0.3, -0.25) is 14.6 Å². The summed E-state index contributed by atoms with van der Waals surface area (Å²) >= 11 is 0. The van der Waals surface area contributed by atoms with Gasteiger partial charge in [-0.1, -0.05) is 26.8 Å². The van der Waals surface area contributed by atoms with E-state index in [0.717, 1.165) is 6.42 Å². The maximum Gasteiger partial charge on any atom is 0.303 e. The van der Waals surface area contributed by atoms with Crippen LogP contribution in [0.15, 0.2) is 24.4 Å². The number of carbonyl (C=O) groups excluding carboxylic acids is 1. The molecule has 116 valence electrons. The molecule has 0 aliphatic carbocycles. The van der Waals surface area contributed by atoms with Crippen LogP contribution in [0, 0.1) is 11.3 Å². The molecule has 2 N–H and O–H groups in total. The topological polar surface area (TPSA) is 79.3 Å². The van der Waals surface area contributed by atoms with E-state index < -0.39 is 5.97 Å². The van der Waals surface area contributed by atoms with Crippen LogP contribution in [-0.4, -0.2) is 28.5 Å². The number of hydrogen-bond acceptors (Lipinski definition) is 3. The van der Waals surface area contributed by atoms with Crippen molar-refractivity contribution in [3.8, 4) is 0 Å². The highest BCUT2D eigenvalue weighted by Gasteiger charge is 2.25. The predicted molar refractivity (Wildman–Crippen MR) is 81.0 cm³/mol. The number of nitrogens with zero attached hydrogens (tertiary/aromatic N) is 1. The summed E-state index contributed by atoms with van der Waals surface area (Å²) < 4.78 is 0. The molecule has 1 aromatic heterocycles. The van der Waals surface area contributed by atoms with Crippen LogP contribution in [0.3, 0.4) is 0 Å². The molecule has 0 aliphatic rings. The molecule has 0 saturated carbocycles. The molecular formula is C16H24N2O3. The first-order valence-corrected chi connectivity index (χ1v) is 7.21. The Morgan fingerprint density at radius 2 is 2.00 bits per heavy atom. The van der Waals surface area contributed by atoms with Gasteiger partial charge in [0.15, 0.2) is 0 Å². The Balaban J connectivity index is 2.46. The molecule has 0 fully saturated rings. The van der Waals surface area contributed by atoms with Gasteiger partial charge in [-0.2, -0.15) is 0 Å². The Morgan fingerprint density at radius 3 is 2.52 bits per heavy atom. The van der Waals surface area contributed by atoms with Crippen LogP contribution in [0.25, 0.3) is 0 Å². The summed E-state index contributed by atoms with van der Waals surface area (Å²) in [6, 6.07) is 5.20. The highest BCUT2D eigenvalue weighted by Crippen LogP contribution is 2.32. The van der Waals surface area contributed by atoms with Gasteiger partial charge >= 0.3 is 5.97 Å². The first-order valence-electron chi connectivity index (χ1n) is 7.21. The number of aliphatic carboxylic acids is 1. The van der Waals surface area contributed by atoms with Crippen LogP contribution in [0.2, 0.25) is 0 Å². The second-order valence-corrected chi connectivity index (χ2v) is 6.25. The van der Waals surface area contributed by atoms with Crippen molar-refractivity contribution in [2.45, 2.75) is 40.0 Å². The maximum atomic E-state index is 11.9. The minimum atomic E-state index is -0.776. The number of carboxylic acid groups (broad SMARTS) is 1. The van der Waals surface area contributed by atoms with Gasteiger partial charge in [-0.05, 0) is 36.3 Å². The fourth-order valence-corrected chi connectivity index (χ4v) is 2.26. The zero-order valence-electron chi connectivity index (χ0n) is 12.9. The number of aromatic nitrogens is 1. The summed E-state index contributed by atoms with van der Waals surface area (Å²) in [7, 11) is 0. The van der Waals surface area contributed by atoms with E-state index in [-0.39, 0.29) is 23.7 Å². The van der Waals surface area contributed by atoms with Gasteiger partial charge in [-0.25, -0.2) is 0 Å². The third kappa shape index (κ3) is 6.38. The predicted octanol–water partition coefficient (Wildman–Crippen LogP) is 2.73. The number of carboxylic acids is 1. The second kappa shape index (κ2) is 7.76. The third-order valence-electron chi connectivity index (χ3n) is 3.61. The summed E-state index contributed by atoms with van der Waals surface area (Å²) in [6.07, 6.45) is 3.13. The van der Waals surface area contributed by atoms with Crippen molar-refractivity contribution >= 4 is 11.9 Å². The first-order chi connectivity index (χ1) is 9.80. The molecule has 1 heterocycles. The number of hydrogen-bond donors (Lipinski definition) is 2. The molecule has 1 unspecified atom stereocenters. The normalized spacial score (nSPS) is 12.7. The first kappa shape index (κ1) is 17.1. The number of rotatable bonds is 7. The van der Waals surface area contributed by atoms with Crippen LogP contribution in [0.1, 0.15) is 50.5 Å². The lowest BCUT2D eigenvalue weighted by Gasteiger charge is -2.30. The van der Waals surface area contributed by atoms with E-state index >= 15 is 0 Å². The third-order valence-corrected chi connectivity index (χ3v) is 3.61. The molecule has 21 heavy (non-hydrogen) atoms. The molecule has 1 rings (SSSR count). The Bertz CT molecular complexity index is 466. The van der Waals surface area contributed by atoms with E-state index in [1.807, 2.05) is 0 Å². The van der Waals surface area contributed by atoms with Crippen molar-refractivity contribution in [1.82, 2.24) is 10.3 Å². The van der Waals surface area contributed by atoms with Crippen LogP contribution >= 0.6 is 0 Å². The summed E-state index contributed by atoms with van der Waals surface area (Å²) in [6.45, 7) is 6.82. The quantitative estimate of drug-likeness (QED) is 0.810. The summed E-state index contributed by atoms with van der Waals surface area (Å²) in [5, 5.41) is 11.7. The fraction of sp³-hybridized carbons (Fsp3) is 0.562. The minimum absolute atomic E-state index is 0.0190. The highest BCUT2D eigenvalue weighted by molar-refractivity contribution is 5.92. The van der Waals surface area contributed by atoms with Crippen LogP contribution < -0.4 is 5.32 Å². The van der Waals surface area contributed by atoms with Crippen LogP contribution in [0.4, 0.5) is 0 Å². The molecule has 5 nitrogen and oxygen atoms in total. The smallest absolute Gasteiger partial charge is 0.303 e. The zero-order valence-corrected chi connectivity index (χ0v) is 12.9. The number of carbonyl (C=O) groups is 2. The Hall–Kier alpha value is -1.91. The molecular weight excluding hydrogens is 268 g/mol. The van der Waals surface area contributed by atoms with Gasteiger partial charge in [0, 0.05) is 19.2 Å². The maximum absolute atomic E-state index is 11.9. The van der Waals surface area contributed by atoms with Crippen molar-refractivity contribution in [1.29, 1.82) is 0 Å². The van der Waals surface area contributed by atoms with Gasteiger partial charge in [0.05, 0.1) is 0 Å². The standard InChI is InChI=1S/C16H24N2O3/c1-16(2,3)12(7-8-14(19)20)9-11-18-15(21)13-6-4-5-10-17-13/h4-6,10,12H,7-9,11H2,1-3H3,(H,18,21)(H,19,20). The van der Waals surface area contributed by atoms with E-state index in [4.69, 9.17) is 5.11 Å². The summed E-state index contributed by atoms with van der Waals surface area (Å²) in [4.78, 5) is 26.6. The molecule has 1 atom stereocenters. The highest BCUT2D eigenvalue weighted by atomic mass is 16.4. The van der Waals surface area contributed by atoms with Crippen molar-refractivity contribution in [2.24, 2.45) is 11.3 Å². The van der Waals surface area contributed by atoms with Gasteiger partial charge in [0.25, 0.3) is 5.91 Å². The van der Waals surface area contributed by atoms with Crippen molar-refractivity contribution in [3.05, 3.63) is 30.1 Å². The lowest BCUT2D eigenvalue weighted by Crippen LogP contribution is -2.30. The molecule has 0 bridgehead atoms. The number of amides is 1. The lowest BCUT2D eigenvalue weighted by molar-refractivity contribution is -0.137. The van der Waals surface area contributed by atoms with Gasteiger partial charge in [0.2, 0.25) is 0 Å². The lowest BCUT2D eigenvalue weighted by atomic mass is 9.76. The largest absolute Gasteiger partial charge is 0.481 e. The van der Waals surface area contributed by atoms with E-state index in [1.54, 1.807) is 24.4 Å². The molecule has 1 amide bonds. The Kier molecular flexibility index (Phi) is 6.34. The summed E-state index contributed by atoms with van der Waals surface area (Å²) in [5.41, 5.74) is 0.417. The average Bonchev–Trinajstić information content (AvgIpc) is 2.41. The molecule has 0 spiro atoms. The SMILES string of the molecule is CC(C)(C)C(CCNC(=O)c1ccccn1)CCC(=O)O. The summed E-state index contributed by atoms with van der Waals surface area (Å²) in [5.74, 6) is -0.721. The average molecular weight is 292 g/mol. The Labute approximate surface area is 125 Å².